The number of aromatic nitrogens is 3. The second-order valence-electron chi connectivity index (χ2n) is 6.25. The second-order valence-corrected chi connectivity index (χ2v) is 6.25. The number of rotatable bonds is 4. The van der Waals surface area contributed by atoms with Gasteiger partial charge in [-0.3, -0.25) is 9.89 Å². The smallest absolute Gasteiger partial charge is 0.251 e. The molecule has 6 nitrogen and oxygen atoms in total. The number of likely N-dealkylation sites (N-methyl/N-ethyl adjacent to an activating group) is 1. The van der Waals surface area contributed by atoms with Crippen molar-refractivity contribution in [3.05, 3.63) is 77.4 Å². The molecule has 0 bridgehead atoms. The number of aromatic amines is 1. The molecule has 1 aromatic heterocycles. The third kappa shape index (κ3) is 2.98. The van der Waals surface area contributed by atoms with Gasteiger partial charge in [-0.1, -0.05) is 30.3 Å². The van der Waals surface area contributed by atoms with E-state index in [1.54, 1.807) is 0 Å². The number of amides is 1. The lowest BCUT2D eigenvalue weighted by Crippen LogP contribution is -2.22. The van der Waals surface area contributed by atoms with Crippen LogP contribution < -0.4 is 10.2 Å². The Morgan fingerprint density at radius 1 is 1.28 bits per heavy atom. The summed E-state index contributed by atoms with van der Waals surface area (Å²) in [7, 11) is 2.05. The highest BCUT2D eigenvalue weighted by molar-refractivity contribution is 5.95. The summed E-state index contributed by atoms with van der Waals surface area (Å²) in [5.74, 6) is 0.856. The molecule has 0 spiro atoms. The van der Waals surface area contributed by atoms with E-state index >= 15 is 0 Å². The van der Waals surface area contributed by atoms with Gasteiger partial charge in [0.15, 0.2) is 0 Å². The van der Waals surface area contributed by atoms with Gasteiger partial charge in [0.2, 0.25) is 0 Å². The van der Waals surface area contributed by atoms with Gasteiger partial charge in [0, 0.05) is 31.4 Å². The van der Waals surface area contributed by atoms with Gasteiger partial charge in [-0.05, 0) is 29.3 Å². The lowest BCUT2D eigenvalue weighted by Gasteiger charge is -2.12. The minimum absolute atomic E-state index is 0.0717. The van der Waals surface area contributed by atoms with Crippen LogP contribution in [0.25, 0.3) is 0 Å². The van der Waals surface area contributed by atoms with Crippen LogP contribution in [-0.4, -0.2) is 34.7 Å². The van der Waals surface area contributed by atoms with Crippen LogP contribution in [0.3, 0.4) is 0 Å². The molecule has 0 saturated carbocycles. The van der Waals surface area contributed by atoms with Gasteiger partial charge in [-0.15, -0.1) is 0 Å². The topological polar surface area (TPSA) is 73.9 Å². The maximum atomic E-state index is 12.5. The highest BCUT2D eigenvalue weighted by Gasteiger charge is 2.30. The molecule has 0 aliphatic carbocycles. The minimum Gasteiger partial charge on any atom is -0.373 e. The van der Waals surface area contributed by atoms with Gasteiger partial charge in [-0.25, -0.2) is 4.98 Å². The Kier molecular flexibility index (Phi) is 3.93. The van der Waals surface area contributed by atoms with Crippen LogP contribution in [0.1, 0.15) is 33.2 Å². The Labute approximate surface area is 145 Å². The molecular weight excluding hydrogens is 314 g/mol. The number of benzene rings is 2. The first-order chi connectivity index (χ1) is 12.2. The maximum Gasteiger partial charge on any atom is 0.251 e. The third-order valence-corrected chi connectivity index (χ3v) is 4.59. The summed E-state index contributed by atoms with van der Waals surface area (Å²) in [5.41, 5.74) is 3.97. The van der Waals surface area contributed by atoms with Crippen molar-refractivity contribution >= 4 is 11.6 Å². The van der Waals surface area contributed by atoms with E-state index in [1.807, 2.05) is 55.6 Å². The molecule has 25 heavy (non-hydrogen) atoms. The second kappa shape index (κ2) is 6.39. The van der Waals surface area contributed by atoms with Gasteiger partial charge in [0.05, 0.1) is 5.92 Å². The number of H-pyrrole nitrogens is 1. The number of fused-ring (bicyclic) bond motifs is 1. The molecule has 1 aliphatic rings. The Balaban J connectivity index is 1.56. The zero-order valence-electron chi connectivity index (χ0n) is 13.9. The van der Waals surface area contributed by atoms with Crippen molar-refractivity contribution < 1.29 is 4.79 Å². The van der Waals surface area contributed by atoms with E-state index < -0.39 is 0 Å². The first kappa shape index (κ1) is 15.4. The molecule has 1 amide bonds. The van der Waals surface area contributed by atoms with E-state index in [4.69, 9.17) is 0 Å². The first-order valence-electron chi connectivity index (χ1n) is 8.25. The number of anilines is 1. The number of nitrogens with one attached hydrogen (secondary N) is 2. The van der Waals surface area contributed by atoms with Crippen molar-refractivity contribution in [2.75, 3.05) is 18.5 Å². The van der Waals surface area contributed by atoms with Crippen LogP contribution in [0.15, 0.2) is 54.9 Å². The molecule has 0 fully saturated rings. The number of nitrogens with zero attached hydrogens (tertiary/aromatic N) is 3. The van der Waals surface area contributed by atoms with E-state index in [0.717, 1.165) is 29.2 Å². The van der Waals surface area contributed by atoms with Crippen molar-refractivity contribution in [3.63, 3.8) is 0 Å². The maximum absolute atomic E-state index is 12.5. The molecule has 0 unspecified atom stereocenters. The Morgan fingerprint density at radius 3 is 2.88 bits per heavy atom. The Hall–Kier alpha value is -3.15. The lowest BCUT2D eigenvalue weighted by molar-refractivity contribution is 0.0951. The van der Waals surface area contributed by atoms with Crippen molar-refractivity contribution in [1.29, 1.82) is 0 Å². The summed E-state index contributed by atoms with van der Waals surface area (Å²) in [5, 5.41) is 9.88. The SMILES string of the molecule is CN1C[C@H](c2ncn[nH]2)c2cc(C(=O)NCc3ccccc3)ccc21. The van der Waals surface area contributed by atoms with Crippen LogP contribution in [0.5, 0.6) is 0 Å². The Bertz CT molecular complexity index is 876. The van der Waals surface area contributed by atoms with Gasteiger partial charge >= 0.3 is 0 Å². The molecule has 2 heterocycles. The molecule has 1 atom stereocenters. The molecule has 1 aliphatic heterocycles. The van der Waals surface area contributed by atoms with Crippen molar-refractivity contribution in [1.82, 2.24) is 20.5 Å². The third-order valence-electron chi connectivity index (χ3n) is 4.59. The summed E-state index contributed by atoms with van der Waals surface area (Å²) >= 11 is 0. The molecular formula is C19H19N5O. The Morgan fingerprint density at radius 2 is 2.12 bits per heavy atom. The molecule has 2 N–H and O–H groups in total. The highest BCUT2D eigenvalue weighted by Crippen LogP contribution is 2.38. The zero-order chi connectivity index (χ0) is 17.2. The minimum atomic E-state index is -0.0717. The molecule has 6 heteroatoms. The van der Waals surface area contributed by atoms with Crippen LogP contribution in [-0.2, 0) is 6.54 Å². The fourth-order valence-electron chi connectivity index (χ4n) is 3.29. The summed E-state index contributed by atoms with van der Waals surface area (Å²) in [4.78, 5) is 19.0. The summed E-state index contributed by atoms with van der Waals surface area (Å²) < 4.78 is 0. The van der Waals surface area contributed by atoms with Gasteiger partial charge in [0.25, 0.3) is 5.91 Å². The van der Waals surface area contributed by atoms with Crippen LogP contribution >= 0.6 is 0 Å². The quantitative estimate of drug-likeness (QED) is 0.768. The lowest BCUT2D eigenvalue weighted by atomic mass is 9.98. The molecule has 4 rings (SSSR count). The average Bonchev–Trinajstić information content (AvgIpc) is 3.28. The van der Waals surface area contributed by atoms with E-state index in [-0.39, 0.29) is 11.8 Å². The van der Waals surface area contributed by atoms with Crippen LogP contribution in [0.2, 0.25) is 0 Å². The normalized spacial score (nSPS) is 15.9. The number of hydrogen-bond donors (Lipinski definition) is 2. The van der Waals surface area contributed by atoms with E-state index in [9.17, 15) is 4.79 Å². The molecule has 0 radical (unpaired) electrons. The molecule has 3 aromatic rings. The number of hydrogen-bond acceptors (Lipinski definition) is 4. The van der Waals surface area contributed by atoms with E-state index in [1.165, 1.54) is 6.33 Å². The standard InChI is InChI=1S/C19H19N5O/c1-24-11-16(18-21-12-22-23-18)15-9-14(7-8-17(15)24)19(25)20-10-13-5-3-2-4-6-13/h2-9,12,16H,10-11H2,1H3,(H,20,25)(H,21,22,23)/t16-/m0/s1. The van der Waals surface area contributed by atoms with Gasteiger partial charge in [0.1, 0.15) is 12.2 Å². The highest BCUT2D eigenvalue weighted by atomic mass is 16.1. The number of carbonyl (C=O) groups excluding carboxylic acids is 1. The number of carbonyl (C=O) groups is 1. The van der Waals surface area contributed by atoms with Crippen molar-refractivity contribution in [3.8, 4) is 0 Å². The molecule has 2 aromatic carbocycles. The summed E-state index contributed by atoms with van der Waals surface area (Å²) in [6, 6.07) is 15.7. The van der Waals surface area contributed by atoms with Crippen LogP contribution in [0, 0.1) is 0 Å². The van der Waals surface area contributed by atoms with Gasteiger partial charge in [-0.2, -0.15) is 5.10 Å². The van der Waals surface area contributed by atoms with E-state index in [0.29, 0.717) is 12.1 Å². The predicted molar refractivity (Wildman–Crippen MR) is 95.5 cm³/mol. The van der Waals surface area contributed by atoms with Gasteiger partial charge < -0.3 is 10.2 Å². The predicted octanol–water partition coefficient (Wildman–Crippen LogP) is 2.32. The summed E-state index contributed by atoms with van der Waals surface area (Å²) in [6.07, 6.45) is 1.52. The fourth-order valence-corrected chi connectivity index (χ4v) is 3.29. The fraction of sp³-hybridized carbons (Fsp3) is 0.211. The van der Waals surface area contributed by atoms with Crippen molar-refractivity contribution in [2.24, 2.45) is 0 Å². The zero-order valence-corrected chi connectivity index (χ0v) is 13.9. The average molecular weight is 333 g/mol. The van der Waals surface area contributed by atoms with Crippen LogP contribution in [0.4, 0.5) is 5.69 Å². The van der Waals surface area contributed by atoms with Crippen molar-refractivity contribution in [2.45, 2.75) is 12.5 Å². The largest absolute Gasteiger partial charge is 0.373 e. The monoisotopic (exact) mass is 333 g/mol. The first-order valence-corrected chi connectivity index (χ1v) is 8.25. The molecule has 0 saturated heterocycles. The van der Waals surface area contributed by atoms with E-state index in [2.05, 4.69) is 25.4 Å². The molecule has 126 valence electrons. The summed E-state index contributed by atoms with van der Waals surface area (Å²) in [6.45, 7) is 1.34.